The normalized spacial score (nSPS) is 18.7. The summed E-state index contributed by atoms with van der Waals surface area (Å²) in [5.41, 5.74) is 0.875. The van der Waals surface area contributed by atoms with E-state index in [-0.39, 0.29) is 12.1 Å². The van der Waals surface area contributed by atoms with Crippen LogP contribution < -0.4 is 5.32 Å². The minimum atomic E-state index is -0.0466. The lowest BCUT2D eigenvalue weighted by Crippen LogP contribution is -2.41. The number of furan rings is 1. The average molecular weight is 344 g/mol. The smallest absolute Gasteiger partial charge is 0.318 e. The third-order valence-electron chi connectivity index (χ3n) is 4.45. The van der Waals surface area contributed by atoms with E-state index in [2.05, 4.69) is 10.3 Å². The largest absolute Gasteiger partial charge is 0.467 e. The van der Waals surface area contributed by atoms with Gasteiger partial charge in [0.1, 0.15) is 5.76 Å². The van der Waals surface area contributed by atoms with E-state index >= 15 is 0 Å². The lowest BCUT2D eigenvalue weighted by Gasteiger charge is -2.28. The molecule has 0 radical (unpaired) electrons. The molecule has 7 heteroatoms. The van der Waals surface area contributed by atoms with Gasteiger partial charge < -0.3 is 14.6 Å². The van der Waals surface area contributed by atoms with Gasteiger partial charge in [0.05, 0.1) is 24.5 Å². The number of aromatic nitrogens is 2. The van der Waals surface area contributed by atoms with Gasteiger partial charge in [-0.25, -0.2) is 9.78 Å². The van der Waals surface area contributed by atoms with Crippen molar-refractivity contribution >= 4 is 22.3 Å². The van der Waals surface area contributed by atoms with Crippen molar-refractivity contribution in [3.8, 4) is 0 Å². The number of nitrogens with zero attached hydrogens (tertiary/aromatic N) is 3. The molecule has 3 aromatic rings. The number of likely N-dealkylation sites (tertiary alicyclic amines) is 1. The van der Waals surface area contributed by atoms with Crippen LogP contribution in [0.1, 0.15) is 43.2 Å². The van der Waals surface area contributed by atoms with Crippen molar-refractivity contribution < 1.29 is 9.21 Å². The van der Waals surface area contributed by atoms with Gasteiger partial charge in [-0.2, -0.15) is 0 Å². The number of rotatable bonds is 3. The third-order valence-corrected chi connectivity index (χ3v) is 5.22. The fraction of sp³-hybridized carbons (Fsp3) is 0.412. The Labute approximate surface area is 144 Å². The zero-order valence-corrected chi connectivity index (χ0v) is 14.2. The van der Waals surface area contributed by atoms with Gasteiger partial charge >= 0.3 is 6.03 Å². The summed E-state index contributed by atoms with van der Waals surface area (Å²) in [5, 5.41) is 5.01. The predicted octanol–water partition coefficient (Wildman–Crippen LogP) is 3.82. The number of hydrogen-bond donors (Lipinski definition) is 1. The van der Waals surface area contributed by atoms with Crippen LogP contribution in [0.2, 0.25) is 0 Å². The Morgan fingerprint density at radius 2 is 2.38 bits per heavy atom. The van der Waals surface area contributed by atoms with Crippen molar-refractivity contribution in [1.29, 1.82) is 0 Å². The van der Waals surface area contributed by atoms with Gasteiger partial charge in [-0.1, -0.05) is 12.8 Å². The zero-order chi connectivity index (χ0) is 16.4. The summed E-state index contributed by atoms with van der Waals surface area (Å²) in [6.45, 7) is 1.20. The molecule has 4 heterocycles. The highest BCUT2D eigenvalue weighted by Gasteiger charge is 2.28. The monoisotopic (exact) mass is 344 g/mol. The number of carbonyl (C=O) groups excluding carboxylic acids is 1. The zero-order valence-electron chi connectivity index (χ0n) is 13.4. The fourth-order valence-corrected chi connectivity index (χ4v) is 3.98. The van der Waals surface area contributed by atoms with Crippen LogP contribution in [0, 0.1) is 0 Å². The summed E-state index contributed by atoms with van der Waals surface area (Å²) in [5.74, 6) is 0.870. The molecule has 3 aromatic heterocycles. The molecule has 0 bridgehead atoms. The Morgan fingerprint density at radius 1 is 1.42 bits per heavy atom. The highest BCUT2D eigenvalue weighted by atomic mass is 32.1. The third kappa shape index (κ3) is 3.03. The van der Waals surface area contributed by atoms with Gasteiger partial charge in [0.15, 0.2) is 4.96 Å². The van der Waals surface area contributed by atoms with E-state index in [1.54, 1.807) is 17.6 Å². The van der Waals surface area contributed by atoms with Crippen LogP contribution in [0.25, 0.3) is 4.96 Å². The Kier molecular flexibility index (Phi) is 4.25. The van der Waals surface area contributed by atoms with Gasteiger partial charge in [0, 0.05) is 24.3 Å². The second-order valence-corrected chi connectivity index (χ2v) is 6.93. The lowest BCUT2D eigenvalue weighted by molar-refractivity contribution is 0.166. The first-order valence-corrected chi connectivity index (χ1v) is 9.18. The summed E-state index contributed by atoms with van der Waals surface area (Å²) < 4.78 is 7.54. The highest BCUT2D eigenvalue weighted by molar-refractivity contribution is 7.15. The van der Waals surface area contributed by atoms with Gasteiger partial charge in [-0.3, -0.25) is 4.40 Å². The molecule has 1 fully saturated rings. The molecular weight excluding hydrogens is 324 g/mol. The number of amides is 2. The van der Waals surface area contributed by atoms with Gasteiger partial charge in [0.2, 0.25) is 0 Å². The molecule has 0 saturated carbocycles. The first-order chi connectivity index (χ1) is 11.8. The molecule has 1 unspecified atom stereocenters. The fourth-order valence-electron chi connectivity index (χ4n) is 3.26. The highest BCUT2D eigenvalue weighted by Crippen LogP contribution is 2.30. The standard InChI is InChI=1S/C17H20N4O2S/c22-16(18-11-13-12-20-8-10-24-17(20)19-13)21-7-3-1-2-5-14(21)15-6-4-9-23-15/h4,6,8-10,12,14H,1-3,5,7,11H2,(H,18,22). The predicted molar refractivity (Wildman–Crippen MR) is 91.9 cm³/mol. The number of imidazole rings is 1. The Bertz CT molecular complexity index is 779. The van der Waals surface area contributed by atoms with Gasteiger partial charge in [0.25, 0.3) is 0 Å². The van der Waals surface area contributed by atoms with Crippen molar-refractivity contribution in [2.45, 2.75) is 38.3 Å². The van der Waals surface area contributed by atoms with Crippen LogP contribution in [0.3, 0.4) is 0 Å². The molecule has 4 rings (SSSR count). The maximum Gasteiger partial charge on any atom is 0.318 e. The summed E-state index contributed by atoms with van der Waals surface area (Å²) in [7, 11) is 0. The van der Waals surface area contributed by atoms with E-state index in [9.17, 15) is 4.79 Å². The summed E-state index contributed by atoms with van der Waals surface area (Å²) >= 11 is 1.59. The molecule has 1 aliphatic heterocycles. The number of fused-ring (bicyclic) bond motifs is 1. The van der Waals surface area contributed by atoms with E-state index in [1.165, 1.54) is 0 Å². The number of carbonyl (C=O) groups is 1. The van der Waals surface area contributed by atoms with Crippen LogP contribution in [-0.2, 0) is 6.54 Å². The Morgan fingerprint density at radius 3 is 3.21 bits per heavy atom. The van der Waals surface area contributed by atoms with E-state index < -0.39 is 0 Å². The van der Waals surface area contributed by atoms with Crippen LogP contribution in [0.15, 0.2) is 40.6 Å². The topological polar surface area (TPSA) is 62.8 Å². The van der Waals surface area contributed by atoms with Crippen LogP contribution >= 0.6 is 11.3 Å². The Balaban J connectivity index is 1.45. The molecule has 1 atom stereocenters. The van der Waals surface area contributed by atoms with E-state index in [4.69, 9.17) is 4.42 Å². The maximum absolute atomic E-state index is 12.7. The average Bonchev–Trinajstić information content (AvgIpc) is 3.27. The minimum absolute atomic E-state index is 0.0213. The van der Waals surface area contributed by atoms with E-state index in [0.717, 1.165) is 48.6 Å². The van der Waals surface area contributed by atoms with Crippen molar-refractivity contribution in [2.75, 3.05) is 6.54 Å². The van der Waals surface area contributed by atoms with Crippen LogP contribution in [0.4, 0.5) is 4.79 Å². The summed E-state index contributed by atoms with van der Waals surface area (Å²) in [4.78, 5) is 20.1. The number of urea groups is 1. The first-order valence-electron chi connectivity index (χ1n) is 8.30. The van der Waals surface area contributed by atoms with Crippen LogP contribution in [0.5, 0.6) is 0 Å². The van der Waals surface area contributed by atoms with Crippen LogP contribution in [-0.4, -0.2) is 26.9 Å². The molecule has 1 saturated heterocycles. The quantitative estimate of drug-likeness (QED) is 0.786. The molecule has 0 aromatic carbocycles. The first kappa shape index (κ1) is 15.3. The molecule has 0 spiro atoms. The molecule has 0 aliphatic carbocycles. The SMILES string of the molecule is O=C(NCc1cn2ccsc2n1)N1CCCCCC1c1ccco1. The molecule has 6 nitrogen and oxygen atoms in total. The van der Waals surface area contributed by atoms with Gasteiger partial charge in [-0.15, -0.1) is 11.3 Å². The van der Waals surface area contributed by atoms with Crippen molar-refractivity contribution in [3.63, 3.8) is 0 Å². The summed E-state index contributed by atoms with van der Waals surface area (Å²) in [6.07, 6.45) is 9.85. The number of nitrogens with one attached hydrogen (secondary N) is 1. The summed E-state index contributed by atoms with van der Waals surface area (Å²) in [6, 6.07) is 3.82. The number of hydrogen-bond acceptors (Lipinski definition) is 4. The molecule has 1 aliphatic rings. The second-order valence-electron chi connectivity index (χ2n) is 6.06. The van der Waals surface area contributed by atoms with Gasteiger partial charge in [-0.05, 0) is 25.0 Å². The molecule has 126 valence electrons. The van der Waals surface area contributed by atoms with Crippen molar-refractivity contribution in [1.82, 2.24) is 19.6 Å². The van der Waals surface area contributed by atoms with E-state index in [0.29, 0.717) is 6.54 Å². The maximum atomic E-state index is 12.7. The molecular formula is C17H20N4O2S. The Hall–Kier alpha value is -2.28. The lowest BCUT2D eigenvalue weighted by atomic mass is 10.1. The molecule has 1 N–H and O–H groups in total. The minimum Gasteiger partial charge on any atom is -0.467 e. The van der Waals surface area contributed by atoms with Crippen molar-refractivity contribution in [2.24, 2.45) is 0 Å². The van der Waals surface area contributed by atoms with E-state index in [1.807, 2.05) is 39.2 Å². The molecule has 24 heavy (non-hydrogen) atoms. The molecule has 2 amide bonds. The number of thiazole rings is 1. The second kappa shape index (κ2) is 6.68. The van der Waals surface area contributed by atoms with Crippen molar-refractivity contribution in [3.05, 3.63) is 47.6 Å².